The normalized spacial score (nSPS) is 17.8. The molecule has 9 nitrogen and oxygen atoms in total. The van der Waals surface area contributed by atoms with Crippen molar-refractivity contribution >= 4 is 46.1 Å². The second-order valence-electron chi connectivity index (χ2n) is 8.92. The van der Waals surface area contributed by atoms with Gasteiger partial charge >= 0.3 is 5.97 Å². The van der Waals surface area contributed by atoms with Gasteiger partial charge in [-0.25, -0.2) is 13.2 Å². The highest BCUT2D eigenvalue weighted by molar-refractivity contribution is 7.89. The van der Waals surface area contributed by atoms with Gasteiger partial charge in [-0.1, -0.05) is 30.3 Å². The summed E-state index contributed by atoms with van der Waals surface area (Å²) >= 11 is 4.44. The van der Waals surface area contributed by atoms with Crippen molar-refractivity contribution in [1.29, 1.82) is 0 Å². The fraction of sp³-hybridized carbons (Fsp3) is 0.423. The number of hydrogen-bond acceptors (Lipinski definition) is 7. The molecule has 1 aliphatic rings. The third kappa shape index (κ3) is 8.05. The van der Waals surface area contributed by atoms with E-state index < -0.39 is 33.8 Å². The van der Waals surface area contributed by atoms with Crippen LogP contribution in [0.2, 0.25) is 0 Å². The molecule has 1 heterocycles. The van der Waals surface area contributed by atoms with Crippen LogP contribution in [-0.2, 0) is 30.8 Å². The van der Waals surface area contributed by atoms with Crippen LogP contribution in [0.15, 0.2) is 54.6 Å². The number of likely N-dealkylation sites (N-methyl/N-ethyl adjacent to an activating group) is 1. The van der Waals surface area contributed by atoms with Crippen LogP contribution < -0.4 is 5.32 Å². The minimum atomic E-state index is -3.68. The monoisotopic (exact) mass is 547 g/mol. The molecule has 1 aliphatic heterocycles. The molecule has 37 heavy (non-hydrogen) atoms. The number of hydrogen-bond donors (Lipinski definition) is 2. The van der Waals surface area contributed by atoms with Crippen LogP contribution in [-0.4, -0.2) is 79.2 Å². The maximum absolute atomic E-state index is 13.2. The lowest BCUT2D eigenvalue weighted by molar-refractivity contribution is -0.136. The third-order valence-corrected chi connectivity index (χ3v) is 8.32. The molecule has 0 saturated carbocycles. The number of nitrogens with zero attached hydrogens (tertiary/aromatic N) is 2. The largest absolute Gasteiger partial charge is 0.462 e. The van der Waals surface area contributed by atoms with Gasteiger partial charge < -0.3 is 15.0 Å². The second-order valence-corrected chi connectivity index (χ2v) is 11.7. The average Bonchev–Trinajstić information content (AvgIpc) is 3.27. The molecule has 3 rings (SSSR count). The summed E-state index contributed by atoms with van der Waals surface area (Å²) in [7, 11) is -2.21. The molecule has 2 atom stereocenters. The molecular formula is C26H33N3O6S2. The van der Waals surface area contributed by atoms with E-state index in [4.69, 9.17) is 4.74 Å². The van der Waals surface area contributed by atoms with Crippen molar-refractivity contribution in [2.24, 2.45) is 0 Å². The van der Waals surface area contributed by atoms with Crippen molar-refractivity contribution in [3.63, 3.8) is 0 Å². The summed E-state index contributed by atoms with van der Waals surface area (Å²) in [5, 5.41) is 2.41. The quantitative estimate of drug-likeness (QED) is 0.330. The molecule has 0 aliphatic carbocycles. The first-order chi connectivity index (χ1) is 17.6. The lowest BCUT2D eigenvalue weighted by Gasteiger charge is -2.27. The number of benzene rings is 2. The van der Waals surface area contributed by atoms with Crippen molar-refractivity contribution in [3.8, 4) is 0 Å². The van der Waals surface area contributed by atoms with Crippen molar-refractivity contribution in [3.05, 3.63) is 65.7 Å². The second kappa shape index (κ2) is 13.1. The Morgan fingerprint density at radius 2 is 1.78 bits per heavy atom. The fourth-order valence-corrected chi connectivity index (χ4v) is 6.39. The van der Waals surface area contributed by atoms with Crippen LogP contribution in [0.3, 0.4) is 0 Å². The van der Waals surface area contributed by atoms with E-state index in [2.05, 4.69) is 17.9 Å². The first-order valence-corrected chi connectivity index (χ1v) is 14.3. The number of thiol groups is 1. The predicted molar refractivity (Wildman–Crippen MR) is 145 cm³/mol. The minimum Gasteiger partial charge on any atom is -0.462 e. The number of amides is 2. The average molecular weight is 548 g/mol. The van der Waals surface area contributed by atoms with Crippen LogP contribution in [0.5, 0.6) is 0 Å². The Hall–Kier alpha value is -2.89. The van der Waals surface area contributed by atoms with E-state index >= 15 is 0 Å². The molecular weight excluding hydrogens is 514 g/mol. The molecule has 2 aromatic carbocycles. The highest BCUT2D eigenvalue weighted by Gasteiger charge is 2.43. The highest BCUT2D eigenvalue weighted by atomic mass is 32.2. The first kappa shape index (κ1) is 28.7. The molecule has 1 N–H and O–H groups in total. The van der Waals surface area contributed by atoms with Gasteiger partial charge in [-0.15, -0.1) is 0 Å². The zero-order chi connectivity index (χ0) is 27.0. The number of ether oxygens (including phenoxy) is 1. The first-order valence-electron chi connectivity index (χ1n) is 12.1. The molecule has 200 valence electrons. The SMILES string of the molecule is CCOC(=O)c1ccc(NC(=O)CN(C)C(=O)C2CC(S)CN2S(=O)(=O)CCCc2ccccc2)cc1. The van der Waals surface area contributed by atoms with Gasteiger partial charge in [0.25, 0.3) is 0 Å². The molecule has 1 saturated heterocycles. The van der Waals surface area contributed by atoms with Crippen molar-refractivity contribution in [2.45, 2.75) is 37.5 Å². The molecule has 0 radical (unpaired) electrons. The number of esters is 1. The Balaban J connectivity index is 1.56. The molecule has 2 unspecified atom stereocenters. The van der Waals surface area contributed by atoms with Crippen LogP contribution in [0, 0.1) is 0 Å². The molecule has 11 heteroatoms. The summed E-state index contributed by atoms with van der Waals surface area (Å²) in [5.41, 5.74) is 1.87. The topological polar surface area (TPSA) is 113 Å². The van der Waals surface area contributed by atoms with E-state index in [-0.39, 0.29) is 37.1 Å². The van der Waals surface area contributed by atoms with E-state index in [1.165, 1.54) is 28.4 Å². The highest BCUT2D eigenvalue weighted by Crippen LogP contribution is 2.27. The van der Waals surface area contributed by atoms with Gasteiger partial charge in [0, 0.05) is 24.5 Å². The smallest absolute Gasteiger partial charge is 0.338 e. The third-order valence-electron chi connectivity index (χ3n) is 6.02. The van der Waals surface area contributed by atoms with Gasteiger partial charge in [-0.3, -0.25) is 9.59 Å². The van der Waals surface area contributed by atoms with Crippen molar-refractivity contribution in [1.82, 2.24) is 9.21 Å². The molecule has 0 bridgehead atoms. The number of carbonyl (C=O) groups excluding carboxylic acids is 3. The van der Waals surface area contributed by atoms with Gasteiger partial charge in [0.15, 0.2) is 0 Å². The van der Waals surface area contributed by atoms with E-state index in [0.29, 0.717) is 24.1 Å². The van der Waals surface area contributed by atoms with Crippen molar-refractivity contribution < 1.29 is 27.5 Å². The summed E-state index contributed by atoms with van der Waals surface area (Å²) in [6.45, 7) is 1.88. The predicted octanol–water partition coefficient (Wildman–Crippen LogP) is 2.60. The minimum absolute atomic E-state index is 0.0713. The number of sulfonamides is 1. The molecule has 2 aromatic rings. The number of rotatable bonds is 11. The fourth-order valence-electron chi connectivity index (χ4n) is 4.19. The maximum atomic E-state index is 13.2. The molecule has 2 amide bonds. The van der Waals surface area contributed by atoms with Gasteiger partial charge in [0.1, 0.15) is 6.04 Å². The lowest BCUT2D eigenvalue weighted by atomic mass is 10.1. The van der Waals surface area contributed by atoms with Gasteiger partial charge in [-0.05, 0) is 56.0 Å². The van der Waals surface area contributed by atoms with Gasteiger partial charge in [0.05, 0.1) is 24.5 Å². The number of anilines is 1. The van der Waals surface area contributed by atoms with Crippen molar-refractivity contribution in [2.75, 3.05) is 37.8 Å². The van der Waals surface area contributed by atoms with Crippen LogP contribution >= 0.6 is 12.6 Å². The number of nitrogens with one attached hydrogen (secondary N) is 1. The Bertz CT molecular complexity index is 1190. The molecule has 0 spiro atoms. The Labute approximate surface area is 223 Å². The van der Waals surface area contributed by atoms with Crippen LogP contribution in [0.1, 0.15) is 35.7 Å². The van der Waals surface area contributed by atoms with Gasteiger partial charge in [-0.2, -0.15) is 16.9 Å². The zero-order valence-corrected chi connectivity index (χ0v) is 22.7. The lowest BCUT2D eigenvalue weighted by Crippen LogP contribution is -2.48. The Morgan fingerprint density at radius 1 is 1.11 bits per heavy atom. The summed E-state index contributed by atoms with van der Waals surface area (Å²) in [6.07, 6.45) is 1.34. The molecule has 1 fully saturated rings. The Kier molecular flexibility index (Phi) is 10.1. The summed E-state index contributed by atoms with van der Waals surface area (Å²) in [5.74, 6) is -1.42. The summed E-state index contributed by atoms with van der Waals surface area (Å²) < 4.78 is 32.4. The van der Waals surface area contributed by atoms with E-state index in [9.17, 15) is 22.8 Å². The van der Waals surface area contributed by atoms with E-state index in [0.717, 1.165) is 5.56 Å². The Morgan fingerprint density at radius 3 is 2.43 bits per heavy atom. The summed E-state index contributed by atoms with van der Waals surface area (Å²) in [6, 6.07) is 14.9. The van der Waals surface area contributed by atoms with E-state index in [1.54, 1.807) is 19.1 Å². The summed E-state index contributed by atoms with van der Waals surface area (Å²) in [4.78, 5) is 38.7. The van der Waals surface area contributed by atoms with Gasteiger partial charge in [0.2, 0.25) is 21.8 Å². The maximum Gasteiger partial charge on any atom is 0.338 e. The number of carbonyl (C=O) groups is 3. The number of aryl methyl sites for hydroxylation is 1. The standard InChI is InChI=1S/C26H33N3O6S2/c1-3-35-26(32)20-11-13-21(14-12-20)27-24(30)18-28(2)25(31)23-16-22(36)17-29(23)37(33,34)15-7-10-19-8-5-4-6-9-19/h4-6,8-9,11-14,22-23,36H,3,7,10,15-18H2,1-2H3,(H,27,30). The van der Waals surface area contributed by atoms with E-state index in [1.807, 2.05) is 30.3 Å². The van der Waals surface area contributed by atoms with Crippen LogP contribution in [0.4, 0.5) is 5.69 Å². The molecule has 0 aromatic heterocycles. The zero-order valence-electron chi connectivity index (χ0n) is 21.0. The van der Waals surface area contributed by atoms with Crippen LogP contribution in [0.25, 0.3) is 0 Å².